The van der Waals surface area contributed by atoms with E-state index < -0.39 is 87.8 Å². The first-order valence-corrected chi connectivity index (χ1v) is 18.6. The Bertz CT molecular complexity index is 2020. The number of rotatable bonds is 0. The van der Waals surface area contributed by atoms with E-state index in [9.17, 15) is 44.4 Å². The summed E-state index contributed by atoms with van der Waals surface area (Å²) in [6.07, 6.45) is 0.362. The number of carbonyl (C=O) groups excluding carboxylic acids is 5. The van der Waals surface area contributed by atoms with Crippen LogP contribution in [-0.4, -0.2) is 98.8 Å². The Balaban J connectivity index is 1.21. The van der Waals surface area contributed by atoms with Gasteiger partial charge >= 0.3 is 29.8 Å². The lowest BCUT2D eigenvalue weighted by atomic mass is 9.42. The second-order valence-corrected chi connectivity index (χ2v) is 17.6. The van der Waals surface area contributed by atoms with Gasteiger partial charge in [0.05, 0.1) is 24.0 Å². The van der Waals surface area contributed by atoms with Crippen LogP contribution in [0.3, 0.4) is 0 Å². The average Bonchev–Trinajstić information content (AvgIpc) is 4.01. The first-order chi connectivity index (χ1) is 24.9. The van der Waals surface area contributed by atoms with E-state index in [1.54, 1.807) is 6.92 Å². The van der Waals surface area contributed by atoms with Crippen LogP contribution in [0.2, 0.25) is 0 Å². The lowest BCUT2D eigenvalue weighted by Crippen LogP contribution is -2.69. The number of hydrogen-bond acceptors (Lipinski definition) is 14. The molecule has 53 heavy (non-hydrogen) atoms. The van der Waals surface area contributed by atoms with Crippen LogP contribution in [0.5, 0.6) is 0 Å². The van der Waals surface area contributed by atoms with Crippen molar-refractivity contribution in [1.82, 2.24) is 0 Å². The van der Waals surface area contributed by atoms with E-state index >= 15 is 0 Å². The molecule has 2 bridgehead atoms. The predicted octanol–water partition coefficient (Wildman–Crippen LogP) is 0.995. The van der Waals surface area contributed by atoms with Gasteiger partial charge in [-0.2, -0.15) is 0 Å². The molecule has 10 rings (SSSR count). The largest absolute Gasteiger partial charge is 0.461 e. The maximum absolute atomic E-state index is 14.4. The van der Waals surface area contributed by atoms with Gasteiger partial charge in [0.2, 0.25) is 0 Å². The molecule has 0 aromatic rings. The van der Waals surface area contributed by atoms with Crippen molar-refractivity contribution in [3.8, 4) is 0 Å². The van der Waals surface area contributed by atoms with E-state index in [0.29, 0.717) is 24.0 Å². The van der Waals surface area contributed by atoms with Crippen molar-refractivity contribution < 1.29 is 68.1 Å². The monoisotopic (exact) mass is 734 g/mol. The van der Waals surface area contributed by atoms with E-state index in [1.807, 2.05) is 6.92 Å². The van der Waals surface area contributed by atoms with Gasteiger partial charge in [-0.15, -0.1) is 0 Å². The van der Waals surface area contributed by atoms with Crippen LogP contribution in [0.4, 0.5) is 0 Å². The summed E-state index contributed by atoms with van der Waals surface area (Å²) in [5, 5.41) is 50.2. The molecule has 0 radical (unpaired) electrons. The third-order valence-corrected chi connectivity index (χ3v) is 15.6. The number of aliphatic hydroxyl groups is 4. The number of hydrogen-bond donors (Lipinski definition) is 4. The van der Waals surface area contributed by atoms with Gasteiger partial charge in [-0.1, -0.05) is 13.8 Å². The van der Waals surface area contributed by atoms with E-state index in [4.69, 9.17) is 23.7 Å². The minimum absolute atomic E-state index is 0.00694. The van der Waals surface area contributed by atoms with Crippen molar-refractivity contribution in [3.63, 3.8) is 0 Å². The maximum atomic E-state index is 14.4. The number of fused-ring (bicyclic) bond motifs is 9. The van der Waals surface area contributed by atoms with Crippen molar-refractivity contribution in [1.29, 1.82) is 0 Å². The van der Waals surface area contributed by atoms with Gasteiger partial charge in [-0.3, -0.25) is 9.59 Å². The summed E-state index contributed by atoms with van der Waals surface area (Å²) >= 11 is 0. The second kappa shape index (κ2) is 9.87. The lowest BCUT2D eigenvalue weighted by molar-refractivity contribution is -0.244. The van der Waals surface area contributed by atoms with Crippen molar-refractivity contribution in [2.24, 2.45) is 46.3 Å². The molecule has 3 aliphatic heterocycles. The molecule has 4 N–H and O–H groups in total. The summed E-state index contributed by atoms with van der Waals surface area (Å²) in [5.41, 5.74) is -5.72. The van der Waals surface area contributed by atoms with Crippen LogP contribution >= 0.6 is 0 Å². The third-order valence-electron chi connectivity index (χ3n) is 15.6. The fourth-order valence-electron chi connectivity index (χ4n) is 13.2. The highest BCUT2D eigenvalue weighted by Gasteiger charge is 2.87. The summed E-state index contributed by atoms with van der Waals surface area (Å²) in [6, 6.07) is 0. The molecule has 13 unspecified atom stereocenters. The van der Waals surface area contributed by atoms with Gasteiger partial charge in [0.25, 0.3) is 5.79 Å². The Labute approximate surface area is 303 Å². The Kier molecular flexibility index (Phi) is 6.27. The summed E-state index contributed by atoms with van der Waals surface area (Å²) in [5.74, 6) is -8.71. The molecule has 14 heteroatoms. The normalized spacial score (nSPS) is 51.7. The molecule has 5 saturated carbocycles. The van der Waals surface area contributed by atoms with E-state index in [2.05, 4.69) is 0 Å². The zero-order valence-corrected chi connectivity index (χ0v) is 29.9. The highest BCUT2D eigenvalue weighted by Crippen LogP contribution is 2.84. The Morgan fingerprint density at radius 1 is 0.774 bits per heavy atom. The van der Waals surface area contributed by atoms with Crippen LogP contribution < -0.4 is 0 Å². The summed E-state index contributed by atoms with van der Waals surface area (Å²) in [6.45, 7) is 5.65. The third kappa shape index (κ3) is 3.67. The van der Waals surface area contributed by atoms with Crippen LogP contribution in [0.25, 0.3) is 0 Å². The number of esters is 5. The molecule has 282 valence electrons. The quantitative estimate of drug-likeness (QED) is 0.202. The van der Waals surface area contributed by atoms with Crippen molar-refractivity contribution in [2.75, 3.05) is 19.8 Å². The summed E-state index contributed by atoms with van der Waals surface area (Å²) in [4.78, 5) is 66.3. The topological polar surface area (TPSA) is 212 Å². The van der Waals surface area contributed by atoms with Crippen LogP contribution in [-0.2, 0) is 47.7 Å². The SMILES string of the molecule is CC1=C2C3=C4C(O)(CC5C36OC(=O)C3=C6CC6C(O)(COC(=O)/C(C)=C/COC(=O)CCC(=O)OC3)C3CC3C56C)C3CC3C4(C)C(O)C2(O)OC1=O. The molecule has 5 fully saturated rings. The molecular formula is C39H42O14. The summed E-state index contributed by atoms with van der Waals surface area (Å²) < 4.78 is 28.8. The second-order valence-electron chi connectivity index (χ2n) is 17.6. The predicted molar refractivity (Wildman–Crippen MR) is 174 cm³/mol. The fraction of sp³-hybridized carbons (Fsp3) is 0.667. The molecule has 0 saturated heterocycles. The van der Waals surface area contributed by atoms with Gasteiger partial charge in [0.1, 0.15) is 31.5 Å². The van der Waals surface area contributed by atoms with Crippen LogP contribution in [0.1, 0.15) is 66.2 Å². The highest BCUT2D eigenvalue weighted by atomic mass is 16.7. The molecule has 3 heterocycles. The van der Waals surface area contributed by atoms with Crippen molar-refractivity contribution in [2.45, 2.75) is 94.9 Å². The van der Waals surface area contributed by atoms with Crippen molar-refractivity contribution >= 4 is 29.8 Å². The Morgan fingerprint density at radius 2 is 1.47 bits per heavy atom. The van der Waals surface area contributed by atoms with Gasteiger partial charge < -0.3 is 44.1 Å². The van der Waals surface area contributed by atoms with Crippen LogP contribution in [0, 0.1) is 46.3 Å². The summed E-state index contributed by atoms with van der Waals surface area (Å²) in [7, 11) is 0. The number of carbonyl (C=O) groups is 5. The van der Waals surface area contributed by atoms with Gasteiger partial charge in [-0.05, 0) is 85.8 Å². The first-order valence-electron chi connectivity index (χ1n) is 18.6. The number of cyclic esters (lactones) is 3. The van der Waals surface area contributed by atoms with E-state index in [-0.39, 0.29) is 90.4 Å². The van der Waals surface area contributed by atoms with E-state index in [0.717, 1.165) is 0 Å². The minimum atomic E-state index is -2.51. The smallest absolute Gasteiger partial charge is 0.338 e. The van der Waals surface area contributed by atoms with Crippen molar-refractivity contribution in [3.05, 3.63) is 45.1 Å². The standard InChI is InChI=1S/C39H42O14/c1-15-7-8-49-25(40)5-6-26(41)50-13-17-18-11-23-34(3,19-9-22(19)37(23,47)14-51-30(15)42)24-12-36(46)21-10-20(21)35(4)29(36)28(38(18,24)52-32(17)44)27-16(2)31(43)53-39(27,48)33(35)45/h7,19-24,33,45-48H,5-6,8-14H2,1-4H3/b15-7+. The number of ether oxygens (including phenoxy) is 5. The molecule has 0 amide bonds. The van der Waals surface area contributed by atoms with E-state index in [1.165, 1.54) is 19.9 Å². The maximum Gasteiger partial charge on any atom is 0.338 e. The zero-order chi connectivity index (χ0) is 37.6. The first kappa shape index (κ1) is 33.7. The molecular weight excluding hydrogens is 692 g/mol. The molecule has 10 aliphatic rings. The molecule has 7 aliphatic carbocycles. The molecule has 0 aromatic heterocycles. The average molecular weight is 735 g/mol. The number of aliphatic hydroxyl groups excluding tert-OH is 1. The fourth-order valence-corrected chi connectivity index (χ4v) is 13.2. The van der Waals surface area contributed by atoms with Crippen LogP contribution in [0.15, 0.2) is 45.1 Å². The highest BCUT2D eigenvalue weighted by molar-refractivity contribution is 5.98. The zero-order valence-electron chi connectivity index (χ0n) is 29.9. The van der Waals surface area contributed by atoms with Gasteiger partial charge in [0, 0.05) is 39.5 Å². The van der Waals surface area contributed by atoms with Gasteiger partial charge in [-0.25, -0.2) is 14.4 Å². The molecule has 14 nitrogen and oxygen atoms in total. The van der Waals surface area contributed by atoms with Gasteiger partial charge in [0.15, 0.2) is 5.60 Å². The Hall–Kier alpha value is -3.85. The minimum Gasteiger partial charge on any atom is -0.461 e. The lowest BCUT2D eigenvalue weighted by Gasteiger charge is -2.64. The Morgan fingerprint density at radius 3 is 2.21 bits per heavy atom. The molecule has 1 spiro atoms. The molecule has 13 atom stereocenters. The molecule has 0 aromatic carbocycles.